The Hall–Kier alpha value is -1.40. The van der Waals surface area contributed by atoms with Gasteiger partial charge in [0.15, 0.2) is 0 Å². The van der Waals surface area contributed by atoms with Gasteiger partial charge in [-0.3, -0.25) is 9.89 Å². The summed E-state index contributed by atoms with van der Waals surface area (Å²) in [7, 11) is 0. The number of nitrogens with one attached hydrogen (secondary N) is 3. The summed E-state index contributed by atoms with van der Waals surface area (Å²) in [5.74, 6) is 0.0256. The fourth-order valence-electron chi connectivity index (χ4n) is 1.62. The SMILES string of the molecule is O=C(CC1COCCN1)NCc1ccn[nH]1. The standard InChI is InChI=1S/C10H16N4O2/c15-10(5-9-7-16-4-3-11-9)12-6-8-1-2-13-14-8/h1-2,9,11H,3-7H2,(H,12,15)(H,13,14). The third kappa shape index (κ3) is 3.32. The summed E-state index contributed by atoms with van der Waals surface area (Å²) >= 11 is 0. The minimum Gasteiger partial charge on any atom is -0.378 e. The molecule has 1 aromatic heterocycles. The molecule has 88 valence electrons. The van der Waals surface area contributed by atoms with Crippen molar-refractivity contribution in [3.8, 4) is 0 Å². The van der Waals surface area contributed by atoms with E-state index in [1.54, 1.807) is 6.20 Å². The monoisotopic (exact) mass is 224 g/mol. The Bertz CT molecular complexity index is 320. The average Bonchev–Trinajstić information content (AvgIpc) is 2.81. The molecule has 6 heteroatoms. The molecule has 1 saturated heterocycles. The Labute approximate surface area is 93.8 Å². The van der Waals surface area contributed by atoms with Crippen molar-refractivity contribution < 1.29 is 9.53 Å². The number of morpholine rings is 1. The van der Waals surface area contributed by atoms with E-state index in [0.717, 1.165) is 18.8 Å². The summed E-state index contributed by atoms with van der Waals surface area (Å²) in [5.41, 5.74) is 0.904. The van der Waals surface area contributed by atoms with Gasteiger partial charge in [-0.2, -0.15) is 5.10 Å². The summed E-state index contributed by atoms with van der Waals surface area (Å²) in [4.78, 5) is 11.6. The van der Waals surface area contributed by atoms with Gasteiger partial charge in [-0.25, -0.2) is 0 Å². The fraction of sp³-hybridized carbons (Fsp3) is 0.600. The van der Waals surface area contributed by atoms with Crippen molar-refractivity contribution in [2.45, 2.75) is 19.0 Å². The largest absolute Gasteiger partial charge is 0.378 e. The Morgan fingerprint density at radius 3 is 3.31 bits per heavy atom. The van der Waals surface area contributed by atoms with Crippen molar-refractivity contribution in [3.63, 3.8) is 0 Å². The summed E-state index contributed by atoms with van der Waals surface area (Å²) in [5, 5.41) is 12.7. The van der Waals surface area contributed by atoms with E-state index in [1.807, 2.05) is 6.07 Å². The third-order valence-electron chi connectivity index (χ3n) is 2.46. The molecule has 0 aliphatic carbocycles. The molecule has 6 nitrogen and oxygen atoms in total. The molecule has 2 heterocycles. The Balaban J connectivity index is 1.67. The molecule has 0 radical (unpaired) electrons. The van der Waals surface area contributed by atoms with Crippen LogP contribution in [0, 0.1) is 0 Å². The van der Waals surface area contributed by atoms with Crippen molar-refractivity contribution >= 4 is 5.91 Å². The molecule has 1 aliphatic rings. The Kier molecular flexibility index (Phi) is 3.90. The highest BCUT2D eigenvalue weighted by Crippen LogP contribution is 1.99. The number of rotatable bonds is 4. The number of carbonyl (C=O) groups is 1. The number of carbonyl (C=O) groups excluding carboxylic acids is 1. The summed E-state index contributed by atoms with van der Waals surface area (Å²) in [6, 6.07) is 1.97. The van der Waals surface area contributed by atoms with Gasteiger partial charge in [0, 0.05) is 25.2 Å². The van der Waals surface area contributed by atoms with E-state index in [0.29, 0.717) is 19.6 Å². The first-order valence-electron chi connectivity index (χ1n) is 5.40. The van der Waals surface area contributed by atoms with E-state index in [9.17, 15) is 4.79 Å². The number of ether oxygens (including phenoxy) is 1. The number of hydrogen-bond donors (Lipinski definition) is 3. The Morgan fingerprint density at radius 1 is 1.69 bits per heavy atom. The zero-order valence-electron chi connectivity index (χ0n) is 9.03. The molecule has 1 atom stereocenters. The molecular formula is C10H16N4O2. The predicted octanol–water partition coefficient (Wildman–Crippen LogP) is -0.596. The molecule has 0 saturated carbocycles. The van der Waals surface area contributed by atoms with Gasteiger partial charge in [0.1, 0.15) is 0 Å². The number of amides is 1. The van der Waals surface area contributed by atoms with Gasteiger partial charge in [0.05, 0.1) is 25.5 Å². The van der Waals surface area contributed by atoms with Gasteiger partial charge in [0.2, 0.25) is 5.91 Å². The zero-order valence-corrected chi connectivity index (χ0v) is 9.03. The lowest BCUT2D eigenvalue weighted by molar-refractivity contribution is -0.122. The highest BCUT2D eigenvalue weighted by molar-refractivity contribution is 5.76. The summed E-state index contributed by atoms with van der Waals surface area (Å²) in [6.07, 6.45) is 2.12. The first kappa shape index (κ1) is 11.1. The maximum absolute atomic E-state index is 11.6. The van der Waals surface area contributed by atoms with Crippen LogP contribution in [0.5, 0.6) is 0 Å². The maximum Gasteiger partial charge on any atom is 0.221 e. The molecular weight excluding hydrogens is 208 g/mol. The molecule has 1 amide bonds. The topological polar surface area (TPSA) is 79.0 Å². The molecule has 3 N–H and O–H groups in total. The van der Waals surface area contributed by atoms with Crippen LogP contribution in [0.25, 0.3) is 0 Å². The zero-order chi connectivity index (χ0) is 11.2. The van der Waals surface area contributed by atoms with Crippen LogP contribution in [-0.4, -0.2) is 41.9 Å². The fourth-order valence-corrected chi connectivity index (χ4v) is 1.62. The van der Waals surface area contributed by atoms with E-state index in [2.05, 4.69) is 20.8 Å². The highest BCUT2D eigenvalue weighted by atomic mass is 16.5. The van der Waals surface area contributed by atoms with Crippen LogP contribution in [0.15, 0.2) is 12.3 Å². The number of aromatic nitrogens is 2. The first-order chi connectivity index (χ1) is 7.84. The van der Waals surface area contributed by atoms with E-state index < -0.39 is 0 Å². The summed E-state index contributed by atoms with van der Waals surface area (Å²) in [6.45, 7) is 2.65. The molecule has 1 aromatic rings. The normalized spacial score (nSPS) is 20.6. The minimum atomic E-state index is 0.0256. The molecule has 16 heavy (non-hydrogen) atoms. The number of H-pyrrole nitrogens is 1. The quantitative estimate of drug-likeness (QED) is 0.638. The molecule has 1 fully saturated rings. The van der Waals surface area contributed by atoms with E-state index in [-0.39, 0.29) is 11.9 Å². The van der Waals surface area contributed by atoms with Crippen molar-refractivity contribution in [2.24, 2.45) is 0 Å². The first-order valence-corrected chi connectivity index (χ1v) is 5.40. The van der Waals surface area contributed by atoms with Crippen molar-refractivity contribution in [1.82, 2.24) is 20.8 Å². The summed E-state index contributed by atoms with van der Waals surface area (Å²) < 4.78 is 5.27. The second-order valence-corrected chi connectivity index (χ2v) is 3.79. The van der Waals surface area contributed by atoms with Gasteiger partial charge < -0.3 is 15.4 Å². The van der Waals surface area contributed by atoms with Crippen LogP contribution >= 0.6 is 0 Å². The maximum atomic E-state index is 11.6. The van der Waals surface area contributed by atoms with Crippen LogP contribution in [0.1, 0.15) is 12.1 Å². The van der Waals surface area contributed by atoms with E-state index in [4.69, 9.17) is 4.74 Å². The van der Waals surface area contributed by atoms with E-state index in [1.165, 1.54) is 0 Å². The van der Waals surface area contributed by atoms with E-state index >= 15 is 0 Å². The van der Waals surface area contributed by atoms with Crippen LogP contribution in [-0.2, 0) is 16.1 Å². The smallest absolute Gasteiger partial charge is 0.221 e. The third-order valence-corrected chi connectivity index (χ3v) is 2.46. The second kappa shape index (κ2) is 5.62. The lowest BCUT2D eigenvalue weighted by atomic mass is 10.2. The molecule has 0 spiro atoms. The van der Waals surface area contributed by atoms with Gasteiger partial charge in [-0.05, 0) is 6.07 Å². The predicted molar refractivity (Wildman–Crippen MR) is 57.7 cm³/mol. The molecule has 0 aromatic carbocycles. The lowest BCUT2D eigenvalue weighted by Gasteiger charge is -2.23. The molecule has 1 unspecified atom stereocenters. The molecule has 1 aliphatic heterocycles. The number of nitrogens with zero attached hydrogens (tertiary/aromatic N) is 1. The highest BCUT2D eigenvalue weighted by Gasteiger charge is 2.16. The van der Waals surface area contributed by atoms with Crippen LogP contribution in [0.2, 0.25) is 0 Å². The molecule has 0 bridgehead atoms. The van der Waals surface area contributed by atoms with Crippen LogP contribution in [0.4, 0.5) is 0 Å². The lowest BCUT2D eigenvalue weighted by Crippen LogP contribution is -2.44. The second-order valence-electron chi connectivity index (χ2n) is 3.79. The average molecular weight is 224 g/mol. The van der Waals surface area contributed by atoms with Crippen molar-refractivity contribution in [3.05, 3.63) is 18.0 Å². The van der Waals surface area contributed by atoms with Gasteiger partial charge in [-0.15, -0.1) is 0 Å². The van der Waals surface area contributed by atoms with Crippen molar-refractivity contribution in [2.75, 3.05) is 19.8 Å². The van der Waals surface area contributed by atoms with Gasteiger partial charge in [-0.1, -0.05) is 0 Å². The van der Waals surface area contributed by atoms with Gasteiger partial charge in [0.25, 0.3) is 0 Å². The Morgan fingerprint density at radius 2 is 2.62 bits per heavy atom. The number of hydrogen-bond acceptors (Lipinski definition) is 4. The minimum absolute atomic E-state index is 0.0256. The number of aromatic amines is 1. The van der Waals surface area contributed by atoms with Gasteiger partial charge >= 0.3 is 0 Å². The van der Waals surface area contributed by atoms with Crippen molar-refractivity contribution in [1.29, 1.82) is 0 Å². The van der Waals surface area contributed by atoms with Crippen LogP contribution < -0.4 is 10.6 Å². The van der Waals surface area contributed by atoms with Crippen LogP contribution in [0.3, 0.4) is 0 Å². The molecule has 2 rings (SSSR count).